The third-order valence-electron chi connectivity index (χ3n) is 7.18. The van der Waals surface area contributed by atoms with Crippen molar-refractivity contribution < 1.29 is 19.1 Å². The number of rotatable bonds is 6. The van der Waals surface area contributed by atoms with Crippen molar-refractivity contribution in [2.75, 3.05) is 17.3 Å². The van der Waals surface area contributed by atoms with Crippen molar-refractivity contribution in [3.8, 4) is 5.75 Å². The fourth-order valence-corrected chi connectivity index (χ4v) is 8.01. The molecule has 1 fully saturated rings. The van der Waals surface area contributed by atoms with E-state index < -0.39 is 17.1 Å². The molecule has 40 heavy (non-hydrogen) atoms. The van der Waals surface area contributed by atoms with Crippen LogP contribution in [0.25, 0.3) is 0 Å². The first-order chi connectivity index (χ1) is 19.4. The Bertz CT molecular complexity index is 1660. The van der Waals surface area contributed by atoms with Crippen LogP contribution in [0.4, 0.5) is 11.4 Å². The number of carbonyl (C=O) groups excluding carboxylic acids is 3. The molecule has 1 aromatic heterocycles. The molecule has 0 radical (unpaired) electrons. The Balaban J connectivity index is 1.42. The van der Waals surface area contributed by atoms with Crippen LogP contribution in [0, 0.1) is 12.8 Å². The smallest absolute Gasteiger partial charge is 0.308 e. The summed E-state index contributed by atoms with van der Waals surface area (Å²) in [6.07, 6.45) is 0. The monoisotopic (exact) mass is 571 g/mol. The summed E-state index contributed by atoms with van der Waals surface area (Å²) in [6, 6.07) is 23.6. The van der Waals surface area contributed by atoms with Gasteiger partial charge >= 0.3 is 4.87 Å². The van der Waals surface area contributed by atoms with Gasteiger partial charge in [0.05, 0.1) is 23.7 Å². The molecule has 0 aliphatic carbocycles. The second-order valence-electron chi connectivity index (χ2n) is 9.70. The van der Waals surface area contributed by atoms with E-state index in [1.54, 1.807) is 43.5 Å². The molecule has 0 spiro atoms. The SMILES string of the molecule is COc1ccc([C@@H]2c3sc(=O)n(CC(=O)Nc4ccccc4)c3SC3C(=O)N(c4ccc(C)cc4)C(=O)C32)cc1. The van der Waals surface area contributed by atoms with Gasteiger partial charge in [-0.3, -0.25) is 23.7 Å². The highest BCUT2D eigenvalue weighted by molar-refractivity contribution is 8.00. The highest BCUT2D eigenvalue weighted by Gasteiger charge is 2.56. The first-order valence-electron chi connectivity index (χ1n) is 12.7. The van der Waals surface area contributed by atoms with E-state index in [-0.39, 0.29) is 29.1 Å². The molecule has 6 rings (SSSR count). The lowest BCUT2D eigenvalue weighted by Gasteiger charge is -2.30. The number of hydrogen-bond donors (Lipinski definition) is 1. The summed E-state index contributed by atoms with van der Waals surface area (Å²) < 4.78 is 6.74. The van der Waals surface area contributed by atoms with E-state index in [0.29, 0.717) is 27.0 Å². The molecule has 3 heterocycles. The van der Waals surface area contributed by atoms with Gasteiger partial charge in [0.1, 0.15) is 17.5 Å². The van der Waals surface area contributed by atoms with Crippen LogP contribution in [-0.4, -0.2) is 34.6 Å². The van der Waals surface area contributed by atoms with Crippen LogP contribution < -0.4 is 19.8 Å². The minimum Gasteiger partial charge on any atom is -0.497 e. The van der Waals surface area contributed by atoms with Crippen LogP contribution in [0.1, 0.15) is 21.9 Å². The Morgan fingerprint density at radius 1 is 0.925 bits per heavy atom. The number of aryl methyl sites for hydroxylation is 1. The van der Waals surface area contributed by atoms with Gasteiger partial charge in [-0.05, 0) is 48.9 Å². The van der Waals surface area contributed by atoms with E-state index >= 15 is 0 Å². The number of amides is 3. The number of fused-ring (bicyclic) bond motifs is 2. The molecule has 1 N–H and O–H groups in total. The number of nitrogens with one attached hydrogen (secondary N) is 1. The molecule has 2 aliphatic rings. The Hall–Kier alpha value is -4.15. The van der Waals surface area contributed by atoms with Gasteiger partial charge in [0.2, 0.25) is 17.7 Å². The molecule has 4 aromatic rings. The predicted molar refractivity (Wildman–Crippen MR) is 155 cm³/mol. The summed E-state index contributed by atoms with van der Waals surface area (Å²) >= 11 is 2.22. The van der Waals surface area contributed by atoms with Crippen LogP contribution in [0.2, 0.25) is 0 Å². The Morgan fingerprint density at radius 3 is 2.30 bits per heavy atom. The summed E-state index contributed by atoms with van der Waals surface area (Å²) in [5.74, 6) is -1.56. The second kappa shape index (κ2) is 10.4. The highest BCUT2D eigenvalue weighted by atomic mass is 32.2. The van der Waals surface area contributed by atoms with Gasteiger partial charge < -0.3 is 10.1 Å². The summed E-state index contributed by atoms with van der Waals surface area (Å²) in [5.41, 5.74) is 2.96. The van der Waals surface area contributed by atoms with Crippen molar-refractivity contribution >= 4 is 52.2 Å². The number of anilines is 2. The summed E-state index contributed by atoms with van der Waals surface area (Å²) in [7, 11) is 1.57. The average Bonchev–Trinajstić information content (AvgIpc) is 3.40. The number of hydrogen-bond acceptors (Lipinski definition) is 7. The zero-order valence-corrected chi connectivity index (χ0v) is 23.3. The molecule has 2 unspecified atom stereocenters. The summed E-state index contributed by atoms with van der Waals surface area (Å²) in [5, 5.41) is 2.62. The maximum absolute atomic E-state index is 13.9. The van der Waals surface area contributed by atoms with Crippen molar-refractivity contribution in [1.82, 2.24) is 4.57 Å². The van der Waals surface area contributed by atoms with Gasteiger partial charge in [-0.25, -0.2) is 4.90 Å². The van der Waals surface area contributed by atoms with E-state index in [4.69, 9.17) is 4.74 Å². The second-order valence-corrected chi connectivity index (χ2v) is 11.8. The molecule has 0 bridgehead atoms. The maximum atomic E-state index is 13.9. The van der Waals surface area contributed by atoms with Crippen LogP contribution in [0.15, 0.2) is 88.7 Å². The summed E-state index contributed by atoms with van der Waals surface area (Å²) in [6.45, 7) is 1.74. The van der Waals surface area contributed by atoms with Gasteiger partial charge in [0.15, 0.2) is 0 Å². The number of thioether (sulfide) groups is 1. The van der Waals surface area contributed by atoms with E-state index in [9.17, 15) is 19.2 Å². The number of carbonyl (C=O) groups is 3. The van der Waals surface area contributed by atoms with Crippen LogP contribution >= 0.6 is 23.1 Å². The van der Waals surface area contributed by atoms with E-state index in [1.807, 2.05) is 49.4 Å². The maximum Gasteiger partial charge on any atom is 0.308 e. The first-order valence-corrected chi connectivity index (χ1v) is 14.4. The van der Waals surface area contributed by atoms with Crippen LogP contribution in [0.3, 0.4) is 0 Å². The topological polar surface area (TPSA) is 97.7 Å². The van der Waals surface area contributed by atoms with Crippen molar-refractivity contribution in [3.63, 3.8) is 0 Å². The van der Waals surface area contributed by atoms with Gasteiger partial charge in [-0.1, -0.05) is 71.1 Å². The van der Waals surface area contributed by atoms with E-state index in [0.717, 1.165) is 22.5 Å². The fraction of sp³-hybridized carbons (Fsp3) is 0.200. The summed E-state index contributed by atoms with van der Waals surface area (Å²) in [4.78, 5) is 55.6. The van der Waals surface area contributed by atoms with Crippen LogP contribution in [-0.2, 0) is 20.9 Å². The minimum atomic E-state index is -0.745. The van der Waals surface area contributed by atoms with Gasteiger partial charge in [-0.2, -0.15) is 0 Å². The molecular weight excluding hydrogens is 546 g/mol. The molecule has 202 valence electrons. The molecular formula is C30H25N3O5S2. The average molecular weight is 572 g/mol. The Kier molecular flexibility index (Phi) is 6.81. The number of aromatic nitrogens is 1. The number of imide groups is 1. The van der Waals surface area contributed by atoms with E-state index in [1.165, 1.54) is 21.2 Å². The Labute approximate surface area is 238 Å². The number of nitrogens with zero attached hydrogens (tertiary/aromatic N) is 2. The normalized spacial score (nSPS) is 19.8. The van der Waals surface area contributed by atoms with Crippen molar-refractivity contribution in [2.24, 2.45) is 5.92 Å². The molecule has 3 amide bonds. The van der Waals surface area contributed by atoms with Gasteiger partial charge in [0.25, 0.3) is 0 Å². The highest BCUT2D eigenvalue weighted by Crippen LogP contribution is 2.54. The van der Waals surface area contributed by atoms with Gasteiger partial charge in [0, 0.05) is 16.5 Å². The lowest BCUT2D eigenvalue weighted by Crippen LogP contribution is -2.33. The molecule has 0 saturated carbocycles. The minimum absolute atomic E-state index is 0.205. The fourth-order valence-electron chi connectivity index (χ4n) is 5.24. The molecule has 2 aliphatic heterocycles. The zero-order valence-electron chi connectivity index (χ0n) is 21.7. The number of thiazole rings is 1. The standard InChI is InChI=1S/C30H25N3O5S2/c1-17-8-12-20(13-9-17)33-27(35)24-23(18-10-14-21(38-2)15-11-18)26-29(39-25(24)28(33)36)32(30(37)40-26)16-22(34)31-19-6-4-3-5-7-19/h3-15,23-25H,16H2,1-2H3,(H,31,34)/t23-,24?,25?/m0/s1. The molecule has 8 nitrogen and oxygen atoms in total. The Morgan fingerprint density at radius 2 is 1.62 bits per heavy atom. The third-order valence-corrected chi connectivity index (χ3v) is 9.78. The lowest BCUT2D eigenvalue weighted by atomic mass is 9.83. The molecule has 3 aromatic carbocycles. The number of ether oxygens (including phenoxy) is 1. The van der Waals surface area contributed by atoms with Crippen LogP contribution in [0.5, 0.6) is 5.75 Å². The number of methoxy groups -OCH3 is 1. The first kappa shape index (κ1) is 26.1. The number of para-hydroxylation sites is 1. The lowest BCUT2D eigenvalue weighted by molar-refractivity contribution is -0.122. The molecule has 1 saturated heterocycles. The van der Waals surface area contributed by atoms with Gasteiger partial charge in [-0.15, -0.1) is 0 Å². The quantitative estimate of drug-likeness (QED) is 0.338. The number of benzene rings is 3. The third kappa shape index (κ3) is 4.52. The molecule has 10 heteroatoms. The zero-order chi connectivity index (χ0) is 28.0. The van der Waals surface area contributed by atoms with E-state index in [2.05, 4.69) is 5.32 Å². The predicted octanol–water partition coefficient (Wildman–Crippen LogP) is 4.66. The largest absolute Gasteiger partial charge is 0.497 e. The van der Waals surface area contributed by atoms with Crippen molar-refractivity contribution in [1.29, 1.82) is 0 Å². The molecule has 3 atom stereocenters. The van der Waals surface area contributed by atoms with Crippen molar-refractivity contribution in [3.05, 3.63) is 105 Å². The van der Waals surface area contributed by atoms with Crippen molar-refractivity contribution in [2.45, 2.75) is 29.7 Å².